The first-order chi connectivity index (χ1) is 7.99. The minimum Gasteiger partial charge on any atom is -0.479 e. The van der Waals surface area contributed by atoms with Crippen LogP contribution in [0, 0.1) is 0 Å². The quantitative estimate of drug-likeness (QED) is 0.858. The summed E-state index contributed by atoms with van der Waals surface area (Å²) in [6, 6.07) is 0. The van der Waals surface area contributed by atoms with E-state index < -0.39 is 12.1 Å². The Morgan fingerprint density at radius 1 is 1.53 bits per heavy atom. The minimum atomic E-state index is -0.904. The third-order valence-corrected chi connectivity index (χ3v) is 2.91. The maximum atomic E-state index is 10.8. The Morgan fingerprint density at radius 2 is 2.24 bits per heavy atom. The molecule has 17 heavy (non-hydrogen) atoms. The molecular weight excluding hydrogens is 222 g/mol. The highest BCUT2D eigenvalue weighted by molar-refractivity contribution is 5.72. The fourth-order valence-electron chi connectivity index (χ4n) is 1.95. The molecule has 0 aliphatic carbocycles. The maximum absolute atomic E-state index is 10.8. The maximum Gasteiger partial charge on any atom is 0.332 e. The van der Waals surface area contributed by atoms with Gasteiger partial charge >= 0.3 is 5.97 Å². The highest BCUT2D eigenvalue weighted by Gasteiger charge is 2.34. The van der Waals surface area contributed by atoms with Crippen molar-refractivity contribution < 1.29 is 14.6 Å². The molecule has 1 aliphatic rings. The Balaban J connectivity index is 2.16. The summed E-state index contributed by atoms with van der Waals surface area (Å²) in [6.07, 6.45) is 0.255. The number of nitrogens with zero attached hydrogens (tertiary/aromatic N) is 3. The molecule has 2 atom stereocenters. The van der Waals surface area contributed by atoms with Gasteiger partial charge in [0.15, 0.2) is 17.8 Å². The zero-order valence-corrected chi connectivity index (χ0v) is 10.3. The first-order valence-corrected chi connectivity index (χ1v) is 5.78. The lowest BCUT2D eigenvalue weighted by Gasteiger charge is -2.09. The second-order valence-corrected chi connectivity index (χ2v) is 4.64. The Labute approximate surface area is 99.6 Å². The number of hydrogen-bond acceptors (Lipinski definition) is 4. The fourth-order valence-corrected chi connectivity index (χ4v) is 1.95. The highest BCUT2D eigenvalue weighted by Crippen LogP contribution is 2.32. The van der Waals surface area contributed by atoms with Gasteiger partial charge in [-0.15, -0.1) is 0 Å². The fraction of sp³-hybridized carbons (Fsp3) is 0.727. The number of carboxylic acids is 1. The van der Waals surface area contributed by atoms with Crippen LogP contribution in [0.25, 0.3) is 0 Å². The van der Waals surface area contributed by atoms with Crippen molar-refractivity contribution in [3.63, 3.8) is 0 Å². The van der Waals surface area contributed by atoms with Crippen LogP contribution in [0.2, 0.25) is 0 Å². The van der Waals surface area contributed by atoms with Crippen LogP contribution >= 0.6 is 0 Å². The third kappa shape index (κ3) is 2.31. The van der Waals surface area contributed by atoms with Crippen LogP contribution in [0.5, 0.6) is 0 Å². The largest absolute Gasteiger partial charge is 0.479 e. The van der Waals surface area contributed by atoms with Gasteiger partial charge in [-0.05, 0) is 12.8 Å². The average Bonchev–Trinajstić information content (AvgIpc) is 2.83. The lowest BCUT2D eigenvalue weighted by Crippen LogP contribution is -2.19. The predicted molar refractivity (Wildman–Crippen MR) is 59.6 cm³/mol. The molecule has 6 heteroatoms. The van der Waals surface area contributed by atoms with Crippen molar-refractivity contribution in [2.24, 2.45) is 7.05 Å². The Hall–Kier alpha value is -1.43. The van der Waals surface area contributed by atoms with Gasteiger partial charge in [0.25, 0.3) is 0 Å². The summed E-state index contributed by atoms with van der Waals surface area (Å²) >= 11 is 0. The first-order valence-electron chi connectivity index (χ1n) is 5.78. The zero-order valence-electron chi connectivity index (χ0n) is 10.3. The van der Waals surface area contributed by atoms with E-state index in [-0.39, 0.29) is 12.0 Å². The van der Waals surface area contributed by atoms with E-state index in [1.54, 1.807) is 4.68 Å². The van der Waals surface area contributed by atoms with Crippen LogP contribution in [0.3, 0.4) is 0 Å². The molecule has 0 radical (unpaired) electrons. The number of carboxylic acid groups (broad SMARTS) is 1. The summed E-state index contributed by atoms with van der Waals surface area (Å²) in [5, 5.41) is 13.2. The molecule has 0 bridgehead atoms. The summed E-state index contributed by atoms with van der Waals surface area (Å²) in [7, 11) is 1.81. The van der Waals surface area contributed by atoms with Crippen molar-refractivity contribution in [2.45, 2.75) is 44.8 Å². The summed E-state index contributed by atoms with van der Waals surface area (Å²) in [5.41, 5.74) is 0. The van der Waals surface area contributed by atoms with Gasteiger partial charge in [0.05, 0.1) is 0 Å². The second kappa shape index (κ2) is 4.44. The molecule has 1 fully saturated rings. The molecule has 6 nitrogen and oxygen atoms in total. The summed E-state index contributed by atoms with van der Waals surface area (Å²) < 4.78 is 7.14. The van der Waals surface area contributed by atoms with Crippen molar-refractivity contribution in [1.29, 1.82) is 0 Å². The number of ether oxygens (including phenoxy) is 1. The van der Waals surface area contributed by atoms with Gasteiger partial charge in [0.1, 0.15) is 6.10 Å². The van der Waals surface area contributed by atoms with E-state index in [9.17, 15) is 4.79 Å². The molecule has 0 aromatic carbocycles. The molecule has 1 N–H and O–H groups in total. The van der Waals surface area contributed by atoms with E-state index in [4.69, 9.17) is 9.84 Å². The molecule has 94 valence electrons. The van der Waals surface area contributed by atoms with E-state index in [2.05, 4.69) is 10.1 Å². The molecule has 0 spiro atoms. The molecule has 1 aromatic rings. The van der Waals surface area contributed by atoms with Crippen LogP contribution in [-0.2, 0) is 16.6 Å². The van der Waals surface area contributed by atoms with Gasteiger partial charge in [-0.1, -0.05) is 13.8 Å². The number of rotatable bonds is 3. The molecule has 2 unspecified atom stereocenters. The SMILES string of the molecule is CC(C)c1nc(C2CCC(C(=O)O)O2)n(C)n1. The topological polar surface area (TPSA) is 77.2 Å². The Kier molecular flexibility index (Phi) is 3.15. The van der Waals surface area contributed by atoms with Crippen molar-refractivity contribution in [3.8, 4) is 0 Å². The number of aromatic nitrogens is 3. The Bertz CT molecular complexity index is 428. The molecule has 0 saturated carbocycles. The van der Waals surface area contributed by atoms with Crippen LogP contribution < -0.4 is 0 Å². The van der Waals surface area contributed by atoms with Crippen LogP contribution in [-0.4, -0.2) is 31.9 Å². The van der Waals surface area contributed by atoms with Crippen molar-refractivity contribution in [3.05, 3.63) is 11.6 Å². The summed E-state index contributed by atoms with van der Waals surface area (Å²) in [5.74, 6) is 0.840. The zero-order chi connectivity index (χ0) is 12.6. The van der Waals surface area contributed by atoms with Gasteiger partial charge < -0.3 is 9.84 Å². The van der Waals surface area contributed by atoms with E-state index in [0.29, 0.717) is 12.8 Å². The van der Waals surface area contributed by atoms with Gasteiger partial charge in [-0.2, -0.15) is 5.10 Å². The van der Waals surface area contributed by atoms with E-state index >= 15 is 0 Å². The Morgan fingerprint density at radius 3 is 2.71 bits per heavy atom. The molecule has 0 amide bonds. The van der Waals surface area contributed by atoms with E-state index in [1.807, 2.05) is 20.9 Å². The normalized spacial score (nSPS) is 24.5. The number of aryl methyl sites for hydroxylation is 1. The third-order valence-electron chi connectivity index (χ3n) is 2.91. The smallest absolute Gasteiger partial charge is 0.332 e. The van der Waals surface area contributed by atoms with E-state index in [1.165, 1.54) is 0 Å². The lowest BCUT2D eigenvalue weighted by molar-refractivity contribution is -0.149. The molecular formula is C11H17N3O3. The van der Waals surface area contributed by atoms with Gasteiger partial charge in [-0.25, -0.2) is 9.78 Å². The lowest BCUT2D eigenvalue weighted by atomic mass is 10.2. The minimum absolute atomic E-state index is 0.249. The average molecular weight is 239 g/mol. The first kappa shape index (κ1) is 12.0. The highest BCUT2D eigenvalue weighted by atomic mass is 16.5. The predicted octanol–water partition coefficient (Wildman–Crippen LogP) is 1.24. The van der Waals surface area contributed by atoms with E-state index in [0.717, 1.165) is 11.6 Å². The van der Waals surface area contributed by atoms with Crippen molar-refractivity contribution in [2.75, 3.05) is 0 Å². The van der Waals surface area contributed by atoms with Gasteiger partial charge in [0.2, 0.25) is 0 Å². The second-order valence-electron chi connectivity index (χ2n) is 4.64. The molecule has 1 saturated heterocycles. The number of hydrogen-bond donors (Lipinski definition) is 1. The molecule has 2 heterocycles. The molecule has 2 rings (SSSR count). The standard InChI is InChI=1S/C11H17N3O3/c1-6(2)9-12-10(14(3)13-9)7-4-5-8(17-7)11(15)16/h6-8H,4-5H2,1-3H3,(H,15,16). The molecule has 1 aromatic heterocycles. The van der Waals surface area contributed by atoms with Crippen molar-refractivity contribution in [1.82, 2.24) is 14.8 Å². The van der Waals surface area contributed by atoms with Crippen LogP contribution in [0.4, 0.5) is 0 Å². The van der Waals surface area contributed by atoms with Gasteiger partial charge in [0, 0.05) is 13.0 Å². The summed E-state index contributed by atoms with van der Waals surface area (Å²) in [6.45, 7) is 4.04. The number of carbonyl (C=O) groups is 1. The van der Waals surface area contributed by atoms with Crippen LogP contribution in [0.1, 0.15) is 50.4 Å². The van der Waals surface area contributed by atoms with Gasteiger partial charge in [-0.3, -0.25) is 4.68 Å². The number of aliphatic carboxylic acids is 1. The summed E-state index contributed by atoms with van der Waals surface area (Å²) in [4.78, 5) is 15.2. The molecule has 1 aliphatic heterocycles. The van der Waals surface area contributed by atoms with Crippen LogP contribution in [0.15, 0.2) is 0 Å². The van der Waals surface area contributed by atoms with Crippen molar-refractivity contribution >= 4 is 5.97 Å². The monoisotopic (exact) mass is 239 g/mol.